The van der Waals surface area contributed by atoms with Gasteiger partial charge in [0.15, 0.2) is 5.58 Å². The molecule has 0 aliphatic carbocycles. The zero-order valence-corrected chi connectivity index (χ0v) is 10.6. The van der Waals surface area contributed by atoms with Crippen molar-refractivity contribution in [2.24, 2.45) is 0 Å². The molecule has 0 saturated heterocycles. The molecular formula is C10H14N4O3S. The first-order valence-electron chi connectivity index (χ1n) is 5.31. The molecule has 18 heavy (non-hydrogen) atoms. The number of hydrogen-bond donors (Lipinski definition) is 3. The number of aromatic nitrogens is 1. The maximum atomic E-state index is 11.2. The molecule has 8 heteroatoms. The van der Waals surface area contributed by atoms with E-state index in [2.05, 4.69) is 15.0 Å². The number of oxazole rings is 1. The Hall–Kier alpha value is -1.80. The van der Waals surface area contributed by atoms with Gasteiger partial charge in [-0.05, 0) is 19.2 Å². The molecular weight excluding hydrogens is 256 g/mol. The fourth-order valence-corrected chi connectivity index (χ4v) is 1.99. The standard InChI is InChI=1S/C10H14N4O3S/c1-12-18(15,16)5-4-13-10-14-8-3-2-7(11)6-9(8)17-10/h2-3,6,12H,4-5,11H2,1H3,(H,13,14). The minimum absolute atomic E-state index is 0.0512. The summed E-state index contributed by atoms with van der Waals surface area (Å²) in [7, 11) is -1.86. The van der Waals surface area contributed by atoms with Gasteiger partial charge in [-0.25, -0.2) is 13.1 Å². The molecule has 2 aromatic rings. The smallest absolute Gasteiger partial charge is 0.295 e. The number of anilines is 2. The van der Waals surface area contributed by atoms with Crippen molar-refractivity contribution >= 4 is 32.8 Å². The lowest BCUT2D eigenvalue weighted by molar-refractivity contribution is 0.587. The molecule has 0 spiro atoms. The molecule has 7 nitrogen and oxygen atoms in total. The summed E-state index contributed by atoms with van der Waals surface area (Å²) in [5.41, 5.74) is 7.43. The minimum Gasteiger partial charge on any atom is -0.423 e. The summed E-state index contributed by atoms with van der Waals surface area (Å²) in [5, 5.41) is 2.81. The van der Waals surface area contributed by atoms with Crippen molar-refractivity contribution in [1.82, 2.24) is 9.71 Å². The number of sulfonamides is 1. The average molecular weight is 270 g/mol. The summed E-state index contributed by atoms with van der Waals surface area (Å²) in [6, 6.07) is 5.41. The van der Waals surface area contributed by atoms with E-state index < -0.39 is 10.0 Å². The zero-order valence-electron chi connectivity index (χ0n) is 9.80. The highest BCUT2D eigenvalue weighted by Gasteiger charge is 2.09. The van der Waals surface area contributed by atoms with Crippen LogP contribution in [-0.2, 0) is 10.0 Å². The second-order valence-corrected chi connectivity index (χ2v) is 5.74. The number of nitrogens with one attached hydrogen (secondary N) is 2. The lowest BCUT2D eigenvalue weighted by Gasteiger charge is -2.02. The van der Waals surface area contributed by atoms with Crippen molar-refractivity contribution < 1.29 is 12.8 Å². The molecule has 0 unspecified atom stereocenters. The predicted octanol–water partition coefficient (Wildman–Crippen LogP) is 0.371. The normalized spacial score (nSPS) is 11.8. The van der Waals surface area contributed by atoms with E-state index in [0.717, 1.165) is 0 Å². The maximum absolute atomic E-state index is 11.2. The van der Waals surface area contributed by atoms with Crippen LogP contribution >= 0.6 is 0 Å². The molecule has 2 rings (SSSR count). The highest BCUT2D eigenvalue weighted by atomic mass is 32.2. The van der Waals surface area contributed by atoms with Gasteiger partial charge >= 0.3 is 0 Å². The topological polar surface area (TPSA) is 110 Å². The third-order valence-electron chi connectivity index (χ3n) is 2.37. The monoisotopic (exact) mass is 270 g/mol. The molecule has 4 N–H and O–H groups in total. The average Bonchev–Trinajstić information content (AvgIpc) is 2.70. The lowest BCUT2D eigenvalue weighted by Crippen LogP contribution is -2.26. The number of nitrogen functional groups attached to an aromatic ring is 1. The van der Waals surface area contributed by atoms with Gasteiger partial charge in [0.1, 0.15) is 5.52 Å². The van der Waals surface area contributed by atoms with E-state index in [-0.39, 0.29) is 18.3 Å². The molecule has 0 aliphatic rings. The van der Waals surface area contributed by atoms with Crippen LogP contribution in [0.4, 0.5) is 11.7 Å². The van der Waals surface area contributed by atoms with E-state index in [1.807, 2.05) is 0 Å². The van der Waals surface area contributed by atoms with Crippen molar-refractivity contribution in [2.45, 2.75) is 0 Å². The summed E-state index contributed by atoms with van der Waals surface area (Å²) in [5.74, 6) is -0.0512. The molecule has 0 atom stereocenters. The van der Waals surface area contributed by atoms with Crippen LogP contribution < -0.4 is 15.8 Å². The van der Waals surface area contributed by atoms with Crippen LogP contribution in [0.1, 0.15) is 0 Å². The molecule has 1 aromatic carbocycles. The summed E-state index contributed by atoms with van der Waals surface area (Å²) in [4.78, 5) is 4.15. The predicted molar refractivity (Wildman–Crippen MR) is 69.8 cm³/mol. The number of benzene rings is 1. The van der Waals surface area contributed by atoms with Crippen LogP contribution in [0.3, 0.4) is 0 Å². The first kappa shape index (κ1) is 12.7. The molecule has 0 radical (unpaired) electrons. The van der Waals surface area contributed by atoms with E-state index in [4.69, 9.17) is 10.2 Å². The van der Waals surface area contributed by atoms with Crippen LogP contribution in [0.2, 0.25) is 0 Å². The third kappa shape index (κ3) is 2.90. The highest BCUT2D eigenvalue weighted by Crippen LogP contribution is 2.20. The van der Waals surface area contributed by atoms with Crippen molar-refractivity contribution in [2.75, 3.05) is 30.4 Å². The van der Waals surface area contributed by atoms with Gasteiger partial charge in [0.2, 0.25) is 10.0 Å². The Morgan fingerprint density at radius 3 is 2.94 bits per heavy atom. The second kappa shape index (κ2) is 4.83. The fraction of sp³-hybridized carbons (Fsp3) is 0.300. The van der Waals surface area contributed by atoms with Crippen LogP contribution in [0, 0.1) is 0 Å². The fourth-order valence-electron chi connectivity index (χ4n) is 1.41. The van der Waals surface area contributed by atoms with Gasteiger partial charge in [-0.3, -0.25) is 0 Å². The van der Waals surface area contributed by atoms with Crippen molar-refractivity contribution in [1.29, 1.82) is 0 Å². The number of nitrogens with two attached hydrogens (primary N) is 1. The summed E-state index contributed by atoms with van der Waals surface area (Å²) >= 11 is 0. The summed E-state index contributed by atoms with van der Waals surface area (Å²) in [6.07, 6.45) is 0. The number of hydrogen-bond acceptors (Lipinski definition) is 6. The van der Waals surface area contributed by atoms with E-state index in [1.165, 1.54) is 7.05 Å². The SMILES string of the molecule is CNS(=O)(=O)CCNc1nc2ccc(N)cc2o1. The van der Waals surface area contributed by atoms with Crippen molar-refractivity contribution in [3.8, 4) is 0 Å². The van der Waals surface area contributed by atoms with Gasteiger partial charge in [-0.2, -0.15) is 4.98 Å². The van der Waals surface area contributed by atoms with Gasteiger partial charge in [0.05, 0.1) is 5.75 Å². The molecule has 98 valence electrons. The largest absolute Gasteiger partial charge is 0.423 e. The van der Waals surface area contributed by atoms with Crippen molar-refractivity contribution in [3.05, 3.63) is 18.2 Å². The van der Waals surface area contributed by atoms with Crippen LogP contribution in [0.15, 0.2) is 22.6 Å². The quantitative estimate of drug-likeness (QED) is 0.677. The van der Waals surface area contributed by atoms with Gasteiger partial charge in [0, 0.05) is 18.3 Å². The first-order chi connectivity index (χ1) is 8.50. The molecule has 0 saturated carbocycles. The molecule has 0 bridgehead atoms. The molecule has 0 amide bonds. The van der Waals surface area contributed by atoms with Crippen LogP contribution in [0.5, 0.6) is 0 Å². The lowest BCUT2D eigenvalue weighted by atomic mass is 10.3. The van der Waals surface area contributed by atoms with E-state index in [9.17, 15) is 8.42 Å². The summed E-state index contributed by atoms with van der Waals surface area (Å²) < 4.78 is 30.0. The molecule has 0 aliphatic heterocycles. The van der Waals surface area contributed by atoms with Crippen LogP contribution in [-0.4, -0.2) is 32.7 Å². The van der Waals surface area contributed by atoms with E-state index >= 15 is 0 Å². The number of fused-ring (bicyclic) bond motifs is 1. The Morgan fingerprint density at radius 2 is 2.22 bits per heavy atom. The Labute approximate surface area is 104 Å². The van der Waals surface area contributed by atoms with E-state index in [1.54, 1.807) is 18.2 Å². The number of rotatable bonds is 5. The maximum Gasteiger partial charge on any atom is 0.295 e. The minimum atomic E-state index is -3.23. The Kier molecular flexibility index (Phi) is 3.39. The Morgan fingerprint density at radius 1 is 1.44 bits per heavy atom. The van der Waals surface area contributed by atoms with Gasteiger partial charge in [0.25, 0.3) is 6.01 Å². The van der Waals surface area contributed by atoms with Gasteiger partial charge < -0.3 is 15.5 Å². The molecule has 1 aromatic heterocycles. The Bertz CT molecular complexity index is 650. The van der Waals surface area contributed by atoms with Crippen molar-refractivity contribution in [3.63, 3.8) is 0 Å². The Balaban J connectivity index is 2.04. The summed E-state index contributed by atoms with van der Waals surface area (Å²) in [6.45, 7) is 0.214. The first-order valence-corrected chi connectivity index (χ1v) is 6.96. The highest BCUT2D eigenvalue weighted by molar-refractivity contribution is 7.89. The second-order valence-electron chi connectivity index (χ2n) is 3.70. The van der Waals surface area contributed by atoms with Gasteiger partial charge in [-0.15, -0.1) is 0 Å². The van der Waals surface area contributed by atoms with Crippen LogP contribution in [0.25, 0.3) is 11.1 Å². The molecule has 1 heterocycles. The third-order valence-corrected chi connectivity index (χ3v) is 3.73. The van der Waals surface area contributed by atoms with E-state index in [0.29, 0.717) is 16.8 Å². The van der Waals surface area contributed by atoms with Gasteiger partial charge in [-0.1, -0.05) is 0 Å². The zero-order chi connectivity index (χ0) is 13.2. The molecule has 0 fully saturated rings. The number of nitrogens with zero attached hydrogens (tertiary/aromatic N) is 1.